The molecule has 2 N–H and O–H groups in total. The van der Waals surface area contributed by atoms with Crippen LogP contribution in [0.1, 0.15) is 39.0 Å². The molecule has 1 aromatic carbocycles. The Morgan fingerprint density at radius 1 is 1.41 bits per heavy atom. The number of benzene rings is 1. The molecule has 17 heavy (non-hydrogen) atoms. The number of ether oxygens (including phenoxy) is 1. The maximum atomic E-state index is 13.3. The summed E-state index contributed by atoms with van der Waals surface area (Å²) in [5.74, 6) is 0.834. The maximum Gasteiger partial charge on any atom is 0.149 e. The minimum Gasteiger partial charge on any atom is -0.488 e. The van der Waals surface area contributed by atoms with E-state index in [1.807, 2.05) is 0 Å². The topological polar surface area (TPSA) is 35.2 Å². The third kappa shape index (κ3) is 2.90. The lowest BCUT2D eigenvalue weighted by atomic mass is 9.85. The average Bonchev–Trinajstić information content (AvgIpc) is 2.35. The van der Waals surface area contributed by atoms with Crippen molar-refractivity contribution >= 4 is 5.69 Å². The molecule has 2 rings (SSSR count). The van der Waals surface area contributed by atoms with Crippen LogP contribution in [0.3, 0.4) is 0 Å². The maximum absolute atomic E-state index is 13.3. The van der Waals surface area contributed by atoms with Gasteiger partial charge in [-0.25, -0.2) is 4.39 Å². The Kier molecular flexibility index (Phi) is 3.87. The summed E-state index contributed by atoms with van der Waals surface area (Å²) in [4.78, 5) is 0. The van der Waals surface area contributed by atoms with Gasteiger partial charge in [-0.2, -0.15) is 0 Å². The summed E-state index contributed by atoms with van der Waals surface area (Å²) in [5, 5.41) is 0. The fraction of sp³-hybridized carbons (Fsp3) is 0.571. The van der Waals surface area contributed by atoms with Gasteiger partial charge in [0.1, 0.15) is 17.3 Å². The highest BCUT2D eigenvalue weighted by molar-refractivity contribution is 5.53. The Hall–Kier alpha value is -1.25. The summed E-state index contributed by atoms with van der Waals surface area (Å²) in [5.41, 5.74) is 5.80. The number of rotatable bonds is 3. The van der Waals surface area contributed by atoms with Gasteiger partial charge in [0.2, 0.25) is 0 Å². The monoisotopic (exact) mass is 237 g/mol. The van der Waals surface area contributed by atoms with Crippen molar-refractivity contribution in [3.05, 3.63) is 24.0 Å². The predicted molar refractivity (Wildman–Crippen MR) is 67.5 cm³/mol. The highest BCUT2D eigenvalue weighted by Gasteiger charge is 2.22. The molecular formula is C14H20FNO. The van der Waals surface area contributed by atoms with E-state index in [-0.39, 0.29) is 11.8 Å². The van der Waals surface area contributed by atoms with Gasteiger partial charge in [0.15, 0.2) is 0 Å². The van der Waals surface area contributed by atoms with Gasteiger partial charge < -0.3 is 10.5 Å². The molecule has 1 fully saturated rings. The van der Waals surface area contributed by atoms with Gasteiger partial charge >= 0.3 is 0 Å². The van der Waals surface area contributed by atoms with E-state index in [4.69, 9.17) is 10.5 Å². The van der Waals surface area contributed by atoms with E-state index in [0.717, 1.165) is 18.8 Å². The molecule has 0 heterocycles. The zero-order chi connectivity index (χ0) is 12.3. The van der Waals surface area contributed by atoms with Gasteiger partial charge in [0.05, 0.1) is 6.10 Å². The molecule has 1 aliphatic rings. The van der Waals surface area contributed by atoms with Gasteiger partial charge in [-0.05, 0) is 37.3 Å². The second-order valence-corrected chi connectivity index (χ2v) is 4.83. The molecule has 2 nitrogen and oxygen atoms in total. The number of hydrogen-bond acceptors (Lipinski definition) is 2. The van der Waals surface area contributed by atoms with Gasteiger partial charge in [-0.3, -0.25) is 0 Å². The lowest BCUT2D eigenvalue weighted by molar-refractivity contribution is 0.122. The smallest absolute Gasteiger partial charge is 0.149 e. The van der Waals surface area contributed by atoms with Crippen LogP contribution in [0.15, 0.2) is 18.2 Å². The third-order valence-corrected chi connectivity index (χ3v) is 3.62. The fourth-order valence-electron chi connectivity index (χ4n) is 2.52. The average molecular weight is 237 g/mol. The van der Waals surface area contributed by atoms with Crippen LogP contribution in [0.5, 0.6) is 5.75 Å². The van der Waals surface area contributed by atoms with Crippen molar-refractivity contribution in [2.75, 3.05) is 5.73 Å². The quantitative estimate of drug-likeness (QED) is 0.812. The minimum absolute atomic E-state index is 0.131. The molecule has 0 radical (unpaired) electrons. The van der Waals surface area contributed by atoms with E-state index < -0.39 is 5.82 Å². The number of nitrogen functional groups attached to an aromatic ring is 1. The van der Waals surface area contributed by atoms with Crippen molar-refractivity contribution in [1.29, 1.82) is 0 Å². The summed E-state index contributed by atoms with van der Waals surface area (Å²) < 4.78 is 19.1. The van der Waals surface area contributed by atoms with Crippen LogP contribution in [-0.4, -0.2) is 6.10 Å². The van der Waals surface area contributed by atoms with Crippen LogP contribution in [0.4, 0.5) is 10.1 Å². The zero-order valence-electron chi connectivity index (χ0n) is 10.3. The standard InChI is InChI=1S/C14H20FNO/c1-2-10-5-3-6-11(9-10)17-13-8-4-7-12(15)14(13)16/h4,7-8,10-11H,2-3,5-6,9,16H2,1H3. The molecule has 94 valence electrons. The van der Waals surface area contributed by atoms with Gasteiger partial charge in [0.25, 0.3) is 0 Å². The molecule has 0 amide bonds. The minimum atomic E-state index is -0.398. The third-order valence-electron chi connectivity index (χ3n) is 3.62. The molecule has 0 spiro atoms. The predicted octanol–water partition coefficient (Wildman–Crippen LogP) is 3.76. The Morgan fingerprint density at radius 3 is 3.00 bits per heavy atom. The Morgan fingerprint density at radius 2 is 2.24 bits per heavy atom. The molecule has 0 saturated heterocycles. The second kappa shape index (κ2) is 5.39. The highest BCUT2D eigenvalue weighted by atomic mass is 19.1. The van der Waals surface area contributed by atoms with E-state index in [2.05, 4.69) is 6.92 Å². The van der Waals surface area contributed by atoms with Crippen LogP contribution in [0.25, 0.3) is 0 Å². The van der Waals surface area contributed by atoms with Crippen LogP contribution >= 0.6 is 0 Å². The van der Waals surface area contributed by atoms with Gasteiger partial charge in [-0.1, -0.05) is 25.8 Å². The van der Waals surface area contributed by atoms with E-state index in [1.54, 1.807) is 12.1 Å². The van der Waals surface area contributed by atoms with Crippen LogP contribution < -0.4 is 10.5 Å². The lowest BCUT2D eigenvalue weighted by Crippen LogP contribution is -2.25. The van der Waals surface area contributed by atoms with Crippen LogP contribution in [-0.2, 0) is 0 Å². The van der Waals surface area contributed by atoms with Gasteiger partial charge in [0, 0.05) is 0 Å². The van der Waals surface area contributed by atoms with Crippen LogP contribution in [0.2, 0.25) is 0 Å². The number of hydrogen-bond donors (Lipinski definition) is 1. The van der Waals surface area contributed by atoms with Crippen LogP contribution in [0, 0.1) is 11.7 Å². The lowest BCUT2D eigenvalue weighted by Gasteiger charge is -2.29. The first-order chi connectivity index (χ1) is 8.20. The number of anilines is 1. The fourth-order valence-corrected chi connectivity index (χ4v) is 2.52. The van der Waals surface area contributed by atoms with Crippen molar-refractivity contribution in [2.45, 2.75) is 45.1 Å². The molecule has 2 atom stereocenters. The van der Waals surface area contributed by atoms with Gasteiger partial charge in [-0.15, -0.1) is 0 Å². The first-order valence-corrected chi connectivity index (χ1v) is 6.41. The largest absolute Gasteiger partial charge is 0.488 e. The number of nitrogens with two attached hydrogens (primary N) is 1. The first-order valence-electron chi connectivity index (χ1n) is 6.41. The van der Waals surface area contributed by atoms with E-state index in [9.17, 15) is 4.39 Å². The molecule has 1 saturated carbocycles. The molecule has 1 aliphatic carbocycles. The number of halogens is 1. The van der Waals surface area contributed by atoms with Crippen molar-refractivity contribution < 1.29 is 9.13 Å². The Balaban J connectivity index is 2.02. The van der Waals surface area contributed by atoms with Crippen molar-refractivity contribution in [1.82, 2.24) is 0 Å². The molecule has 2 unspecified atom stereocenters. The Labute approximate surface area is 102 Å². The van der Waals surface area contributed by atoms with E-state index in [1.165, 1.54) is 25.3 Å². The zero-order valence-corrected chi connectivity index (χ0v) is 10.3. The number of para-hydroxylation sites is 1. The SMILES string of the molecule is CCC1CCCC(Oc2cccc(F)c2N)C1. The molecule has 0 bridgehead atoms. The highest BCUT2D eigenvalue weighted by Crippen LogP contribution is 2.32. The molecular weight excluding hydrogens is 217 g/mol. The van der Waals surface area contributed by atoms with E-state index >= 15 is 0 Å². The summed E-state index contributed by atoms with van der Waals surface area (Å²) in [6.45, 7) is 2.21. The second-order valence-electron chi connectivity index (χ2n) is 4.83. The molecule has 1 aromatic rings. The summed E-state index contributed by atoms with van der Waals surface area (Å²) in [7, 11) is 0. The summed E-state index contributed by atoms with van der Waals surface area (Å²) >= 11 is 0. The van der Waals surface area contributed by atoms with Crippen molar-refractivity contribution in [3.8, 4) is 5.75 Å². The molecule has 3 heteroatoms. The van der Waals surface area contributed by atoms with Crippen molar-refractivity contribution in [3.63, 3.8) is 0 Å². The Bertz CT molecular complexity index is 380. The molecule has 0 aromatic heterocycles. The summed E-state index contributed by atoms with van der Waals surface area (Å²) in [6.07, 6.45) is 5.97. The molecule has 0 aliphatic heterocycles. The van der Waals surface area contributed by atoms with E-state index in [0.29, 0.717) is 5.75 Å². The first kappa shape index (κ1) is 12.2. The normalized spacial score (nSPS) is 24.6. The van der Waals surface area contributed by atoms with Crippen molar-refractivity contribution in [2.24, 2.45) is 5.92 Å². The summed E-state index contributed by atoms with van der Waals surface area (Å²) in [6, 6.07) is 4.74.